The third-order valence-electron chi connectivity index (χ3n) is 5.65. The average molecular weight is 560 g/mol. The van der Waals surface area contributed by atoms with Crippen LogP contribution in [0.5, 0.6) is 11.5 Å². The summed E-state index contributed by atoms with van der Waals surface area (Å²) in [6, 6.07) is 30.4. The number of carboxylic acids is 1. The second kappa shape index (κ2) is 12.7. The average Bonchev–Trinajstić information content (AvgIpc) is 2.93. The maximum absolute atomic E-state index is 12.6. The Morgan fingerprint density at radius 3 is 1.76 bits per heavy atom. The minimum Gasteiger partial charge on any atom is -0.485 e. The summed E-state index contributed by atoms with van der Waals surface area (Å²) in [6.07, 6.45) is 0.0507. The lowest BCUT2D eigenvalue weighted by Gasteiger charge is -2.19. The van der Waals surface area contributed by atoms with Gasteiger partial charge in [0.1, 0.15) is 19.3 Å². The SMILES string of the molecule is O=C(NC(Cc1cc(OCc2ccccc2)c(OCc2ccccc2)cc1Br)C(=O)O)c1ccccc1. The van der Waals surface area contributed by atoms with E-state index >= 15 is 0 Å². The number of carbonyl (C=O) groups is 2. The van der Waals surface area contributed by atoms with E-state index in [1.165, 1.54) is 0 Å². The Bertz CT molecular complexity index is 1330. The Morgan fingerprint density at radius 1 is 0.757 bits per heavy atom. The first kappa shape index (κ1) is 26.0. The van der Waals surface area contributed by atoms with E-state index in [0.29, 0.717) is 40.3 Å². The lowest BCUT2D eigenvalue weighted by Crippen LogP contribution is -2.42. The van der Waals surface area contributed by atoms with Crippen LogP contribution in [0.1, 0.15) is 27.0 Å². The predicted molar refractivity (Wildman–Crippen MR) is 145 cm³/mol. The van der Waals surface area contributed by atoms with Crippen molar-refractivity contribution >= 4 is 27.8 Å². The number of ether oxygens (including phenoxy) is 2. The maximum Gasteiger partial charge on any atom is 0.326 e. The molecule has 4 rings (SSSR count). The van der Waals surface area contributed by atoms with Crippen molar-refractivity contribution in [3.63, 3.8) is 0 Å². The first-order valence-corrected chi connectivity index (χ1v) is 12.5. The van der Waals surface area contributed by atoms with Crippen molar-refractivity contribution in [3.05, 3.63) is 130 Å². The summed E-state index contributed by atoms with van der Waals surface area (Å²) >= 11 is 3.55. The van der Waals surface area contributed by atoms with Crippen LogP contribution in [0.2, 0.25) is 0 Å². The number of hydrogen-bond acceptors (Lipinski definition) is 4. The minimum absolute atomic E-state index is 0.0507. The van der Waals surface area contributed by atoms with Gasteiger partial charge in [0.05, 0.1) is 0 Å². The predicted octanol–water partition coefficient (Wildman–Crippen LogP) is 6.03. The number of halogens is 1. The van der Waals surface area contributed by atoms with Crippen LogP contribution in [0.15, 0.2) is 108 Å². The molecule has 0 aliphatic heterocycles. The second-order valence-corrected chi connectivity index (χ2v) is 9.23. The van der Waals surface area contributed by atoms with E-state index in [0.717, 1.165) is 11.1 Å². The highest BCUT2D eigenvalue weighted by atomic mass is 79.9. The van der Waals surface area contributed by atoms with Gasteiger partial charge in [0.25, 0.3) is 5.91 Å². The molecule has 0 saturated heterocycles. The normalized spacial score (nSPS) is 11.4. The summed E-state index contributed by atoms with van der Waals surface area (Å²) in [5.41, 5.74) is 3.05. The highest BCUT2D eigenvalue weighted by Gasteiger charge is 2.23. The van der Waals surface area contributed by atoms with Crippen molar-refractivity contribution in [2.75, 3.05) is 0 Å². The summed E-state index contributed by atoms with van der Waals surface area (Å²) in [6.45, 7) is 0.663. The van der Waals surface area contributed by atoms with Crippen molar-refractivity contribution < 1.29 is 24.2 Å². The van der Waals surface area contributed by atoms with Gasteiger partial charge in [-0.15, -0.1) is 0 Å². The van der Waals surface area contributed by atoms with Crippen molar-refractivity contribution in [2.24, 2.45) is 0 Å². The molecule has 6 nitrogen and oxygen atoms in total. The Kier molecular flexibility index (Phi) is 8.94. The van der Waals surface area contributed by atoms with Crippen LogP contribution in [0.25, 0.3) is 0 Å². The highest BCUT2D eigenvalue weighted by molar-refractivity contribution is 9.10. The Labute approximate surface area is 224 Å². The fraction of sp³-hybridized carbons (Fsp3) is 0.133. The highest BCUT2D eigenvalue weighted by Crippen LogP contribution is 2.35. The Hall–Kier alpha value is -4.10. The molecule has 37 heavy (non-hydrogen) atoms. The zero-order valence-electron chi connectivity index (χ0n) is 20.0. The molecule has 0 heterocycles. The monoisotopic (exact) mass is 559 g/mol. The number of rotatable bonds is 11. The molecule has 1 unspecified atom stereocenters. The van der Waals surface area contributed by atoms with E-state index in [-0.39, 0.29) is 6.42 Å². The number of aliphatic carboxylic acids is 1. The van der Waals surface area contributed by atoms with E-state index in [2.05, 4.69) is 21.2 Å². The fourth-order valence-corrected chi connectivity index (χ4v) is 4.17. The van der Waals surface area contributed by atoms with Crippen LogP contribution < -0.4 is 14.8 Å². The summed E-state index contributed by atoms with van der Waals surface area (Å²) in [5, 5.41) is 12.4. The van der Waals surface area contributed by atoms with Gasteiger partial charge in [0.15, 0.2) is 11.5 Å². The van der Waals surface area contributed by atoms with Crippen molar-refractivity contribution in [2.45, 2.75) is 25.7 Å². The molecule has 4 aromatic rings. The largest absolute Gasteiger partial charge is 0.485 e. The van der Waals surface area contributed by atoms with Gasteiger partial charge in [-0.2, -0.15) is 0 Å². The topological polar surface area (TPSA) is 84.9 Å². The van der Waals surface area contributed by atoms with Gasteiger partial charge < -0.3 is 19.9 Å². The second-order valence-electron chi connectivity index (χ2n) is 8.37. The van der Waals surface area contributed by atoms with Gasteiger partial charge in [-0.05, 0) is 41.0 Å². The fourth-order valence-electron chi connectivity index (χ4n) is 3.68. The van der Waals surface area contributed by atoms with Gasteiger partial charge in [0.2, 0.25) is 0 Å². The molecule has 4 aromatic carbocycles. The lowest BCUT2D eigenvalue weighted by atomic mass is 10.0. The third kappa shape index (κ3) is 7.44. The van der Waals surface area contributed by atoms with Crippen LogP contribution in [0, 0.1) is 0 Å². The van der Waals surface area contributed by atoms with Gasteiger partial charge in [-0.1, -0.05) is 94.8 Å². The first-order chi connectivity index (χ1) is 18.0. The Morgan fingerprint density at radius 2 is 1.24 bits per heavy atom. The molecule has 188 valence electrons. The van der Waals surface area contributed by atoms with E-state index in [4.69, 9.17) is 9.47 Å². The van der Waals surface area contributed by atoms with Crippen LogP contribution in [-0.4, -0.2) is 23.0 Å². The summed E-state index contributed by atoms with van der Waals surface area (Å²) < 4.78 is 12.9. The van der Waals surface area contributed by atoms with Gasteiger partial charge in [-0.3, -0.25) is 4.79 Å². The molecule has 0 aliphatic rings. The molecule has 1 atom stereocenters. The number of hydrogen-bond donors (Lipinski definition) is 2. The molecule has 0 aromatic heterocycles. The van der Waals surface area contributed by atoms with Crippen molar-refractivity contribution in [1.82, 2.24) is 5.32 Å². The molecule has 0 aliphatic carbocycles. The standard InChI is InChI=1S/C30H26BrNO5/c31-25-18-28(37-20-22-12-6-2-7-13-22)27(36-19-21-10-4-1-5-11-21)17-24(25)16-26(30(34)35)32-29(33)23-14-8-3-9-15-23/h1-15,17-18,26H,16,19-20H2,(H,32,33)(H,34,35). The van der Waals surface area contributed by atoms with Gasteiger partial charge in [-0.25, -0.2) is 4.79 Å². The summed E-state index contributed by atoms with van der Waals surface area (Å²) in [7, 11) is 0. The smallest absolute Gasteiger partial charge is 0.326 e. The molecule has 1 amide bonds. The van der Waals surface area contributed by atoms with E-state index in [1.807, 2.05) is 60.7 Å². The quantitative estimate of drug-likeness (QED) is 0.234. The molecule has 0 saturated carbocycles. The first-order valence-electron chi connectivity index (χ1n) is 11.7. The molecular formula is C30H26BrNO5. The van der Waals surface area contributed by atoms with E-state index < -0.39 is 17.9 Å². The van der Waals surface area contributed by atoms with Crippen molar-refractivity contribution in [1.29, 1.82) is 0 Å². The third-order valence-corrected chi connectivity index (χ3v) is 6.39. The number of carboxylic acid groups (broad SMARTS) is 1. The van der Waals surface area contributed by atoms with Gasteiger partial charge >= 0.3 is 5.97 Å². The van der Waals surface area contributed by atoms with Crippen molar-refractivity contribution in [3.8, 4) is 11.5 Å². The maximum atomic E-state index is 12.6. The zero-order chi connectivity index (χ0) is 26.0. The number of carbonyl (C=O) groups excluding carboxylic acids is 1. The molecular weight excluding hydrogens is 534 g/mol. The molecule has 7 heteroatoms. The zero-order valence-corrected chi connectivity index (χ0v) is 21.6. The van der Waals surface area contributed by atoms with Crippen LogP contribution >= 0.6 is 15.9 Å². The molecule has 0 spiro atoms. The minimum atomic E-state index is -1.14. The molecule has 0 radical (unpaired) electrons. The molecule has 2 N–H and O–H groups in total. The van der Waals surface area contributed by atoms with Crippen LogP contribution in [0.3, 0.4) is 0 Å². The van der Waals surface area contributed by atoms with Gasteiger partial charge in [0, 0.05) is 16.5 Å². The van der Waals surface area contributed by atoms with E-state index in [1.54, 1.807) is 42.5 Å². The number of benzene rings is 4. The summed E-state index contributed by atoms with van der Waals surface area (Å²) in [5.74, 6) is -0.577. The number of nitrogens with one attached hydrogen (secondary N) is 1. The van der Waals surface area contributed by atoms with E-state index in [9.17, 15) is 14.7 Å². The summed E-state index contributed by atoms with van der Waals surface area (Å²) in [4.78, 5) is 24.6. The molecule has 0 fully saturated rings. The lowest BCUT2D eigenvalue weighted by molar-refractivity contribution is -0.139. The van der Waals surface area contributed by atoms with Crippen LogP contribution in [0.4, 0.5) is 0 Å². The van der Waals surface area contributed by atoms with Crippen LogP contribution in [-0.2, 0) is 24.4 Å². The molecule has 0 bridgehead atoms. The number of amides is 1. The Balaban J connectivity index is 1.56.